The molecule has 2 rings (SSSR count). The summed E-state index contributed by atoms with van der Waals surface area (Å²) in [6.07, 6.45) is 8.86. The lowest BCUT2D eigenvalue weighted by atomic mass is 9.94. The Labute approximate surface area is 97.7 Å². The standard InChI is InChI=1S/C12H21ClN2/c13-7-4-10-15-9-2-1-6-12(15)11-5-3-8-14-11/h4,7,11-12,14H,1-3,5-6,8-10H2. The van der Waals surface area contributed by atoms with Gasteiger partial charge < -0.3 is 5.32 Å². The highest BCUT2D eigenvalue weighted by molar-refractivity contribution is 6.25. The van der Waals surface area contributed by atoms with E-state index in [2.05, 4.69) is 16.3 Å². The molecule has 0 saturated carbocycles. The zero-order valence-electron chi connectivity index (χ0n) is 9.29. The minimum Gasteiger partial charge on any atom is -0.312 e. The number of nitrogens with one attached hydrogen (secondary N) is 1. The summed E-state index contributed by atoms with van der Waals surface area (Å²) in [6, 6.07) is 1.48. The van der Waals surface area contributed by atoms with Gasteiger partial charge in [0.2, 0.25) is 0 Å². The van der Waals surface area contributed by atoms with Gasteiger partial charge in [0.25, 0.3) is 0 Å². The van der Waals surface area contributed by atoms with Crippen LogP contribution in [0.4, 0.5) is 0 Å². The first kappa shape index (κ1) is 11.4. The predicted octanol–water partition coefficient (Wildman–Crippen LogP) is 2.35. The number of rotatable bonds is 3. The van der Waals surface area contributed by atoms with Crippen molar-refractivity contribution < 1.29 is 0 Å². The van der Waals surface area contributed by atoms with Gasteiger partial charge in [-0.1, -0.05) is 24.1 Å². The Balaban J connectivity index is 1.92. The zero-order chi connectivity index (χ0) is 10.5. The number of nitrogens with zero attached hydrogens (tertiary/aromatic N) is 1. The first-order chi connectivity index (χ1) is 7.42. The van der Waals surface area contributed by atoms with Crippen LogP contribution in [0.15, 0.2) is 11.6 Å². The van der Waals surface area contributed by atoms with Gasteiger partial charge in [-0.15, -0.1) is 0 Å². The van der Waals surface area contributed by atoms with Crippen LogP contribution in [0.25, 0.3) is 0 Å². The van der Waals surface area contributed by atoms with E-state index in [9.17, 15) is 0 Å². The number of hydrogen-bond donors (Lipinski definition) is 1. The Hall–Kier alpha value is -0.0500. The molecule has 2 saturated heterocycles. The quantitative estimate of drug-likeness (QED) is 0.798. The van der Waals surface area contributed by atoms with E-state index in [1.165, 1.54) is 45.2 Å². The first-order valence-electron chi connectivity index (χ1n) is 6.14. The molecule has 0 amide bonds. The van der Waals surface area contributed by atoms with Crippen molar-refractivity contribution in [2.24, 2.45) is 0 Å². The van der Waals surface area contributed by atoms with Crippen LogP contribution in [0.1, 0.15) is 32.1 Å². The predicted molar refractivity (Wildman–Crippen MR) is 65.2 cm³/mol. The maximum Gasteiger partial charge on any atom is 0.0252 e. The molecule has 0 aromatic heterocycles. The fourth-order valence-corrected chi connectivity index (χ4v) is 2.99. The normalized spacial score (nSPS) is 33.9. The molecule has 2 heterocycles. The van der Waals surface area contributed by atoms with E-state index in [0.717, 1.165) is 18.6 Å². The molecule has 1 N–H and O–H groups in total. The van der Waals surface area contributed by atoms with Crippen LogP contribution in [-0.4, -0.2) is 36.6 Å². The summed E-state index contributed by atoms with van der Waals surface area (Å²) < 4.78 is 0. The molecular formula is C12H21ClN2. The van der Waals surface area contributed by atoms with Crippen LogP contribution in [0.5, 0.6) is 0 Å². The van der Waals surface area contributed by atoms with Gasteiger partial charge in [0, 0.05) is 24.2 Å². The molecule has 2 atom stereocenters. The van der Waals surface area contributed by atoms with E-state index >= 15 is 0 Å². The van der Waals surface area contributed by atoms with Crippen molar-refractivity contribution in [3.8, 4) is 0 Å². The van der Waals surface area contributed by atoms with Gasteiger partial charge in [-0.25, -0.2) is 0 Å². The largest absolute Gasteiger partial charge is 0.312 e. The van der Waals surface area contributed by atoms with Crippen molar-refractivity contribution in [2.45, 2.75) is 44.2 Å². The second-order valence-corrected chi connectivity index (χ2v) is 4.87. The third kappa shape index (κ3) is 2.96. The molecule has 0 aliphatic carbocycles. The average Bonchev–Trinajstić information content (AvgIpc) is 2.80. The number of piperidine rings is 1. The SMILES string of the molecule is ClC=CCN1CCCCC1C1CCCN1. The van der Waals surface area contributed by atoms with Crippen LogP contribution < -0.4 is 5.32 Å². The topological polar surface area (TPSA) is 15.3 Å². The smallest absolute Gasteiger partial charge is 0.0252 e. The van der Waals surface area contributed by atoms with E-state index < -0.39 is 0 Å². The zero-order valence-corrected chi connectivity index (χ0v) is 10.0. The second-order valence-electron chi connectivity index (χ2n) is 4.62. The van der Waals surface area contributed by atoms with Crippen molar-refractivity contribution in [1.29, 1.82) is 0 Å². The minimum atomic E-state index is 0.731. The van der Waals surface area contributed by atoms with Crippen LogP contribution in [0.3, 0.4) is 0 Å². The third-order valence-electron chi connectivity index (χ3n) is 3.66. The highest BCUT2D eigenvalue weighted by Gasteiger charge is 2.30. The summed E-state index contributed by atoms with van der Waals surface area (Å²) in [7, 11) is 0. The monoisotopic (exact) mass is 228 g/mol. The molecule has 15 heavy (non-hydrogen) atoms. The Morgan fingerprint density at radius 2 is 2.20 bits per heavy atom. The van der Waals surface area contributed by atoms with Crippen molar-refractivity contribution >= 4 is 11.6 Å². The second kappa shape index (κ2) is 5.88. The summed E-state index contributed by atoms with van der Waals surface area (Å²) in [5.74, 6) is 0. The molecule has 0 radical (unpaired) electrons. The van der Waals surface area contributed by atoms with Crippen LogP contribution in [-0.2, 0) is 0 Å². The van der Waals surface area contributed by atoms with Gasteiger partial charge in [-0.2, -0.15) is 0 Å². The lowest BCUT2D eigenvalue weighted by molar-refractivity contribution is 0.134. The lowest BCUT2D eigenvalue weighted by Gasteiger charge is -2.38. The molecule has 0 aromatic rings. The van der Waals surface area contributed by atoms with Crippen LogP contribution >= 0.6 is 11.6 Å². The van der Waals surface area contributed by atoms with Crippen molar-refractivity contribution in [2.75, 3.05) is 19.6 Å². The molecule has 2 aliphatic rings. The van der Waals surface area contributed by atoms with E-state index in [1.54, 1.807) is 5.54 Å². The first-order valence-corrected chi connectivity index (χ1v) is 6.58. The van der Waals surface area contributed by atoms with Crippen LogP contribution in [0.2, 0.25) is 0 Å². The Morgan fingerprint density at radius 1 is 1.27 bits per heavy atom. The molecule has 2 aliphatic heterocycles. The van der Waals surface area contributed by atoms with Crippen LogP contribution in [0, 0.1) is 0 Å². The summed E-state index contributed by atoms with van der Waals surface area (Å²) >= 11 is 5.61. The highest BCUT2D eigenvalue weighted by atomic mass is 35.5. The molecule has 0 spiro atoms. The molecule has 2 fully saturated rings. The van der Waals surface area contributed by atoms with Gasteiger partial charge in [-0.3, -0.25) is 4.90 Å². The average molecular weight is 229 g/mol. The fourth-order valence-electron chi connectivity index (χ4n) is 2.91. The molecule has 2 unspecified atom stereocenters. The van der Waals surface area contributed by atoms with Gasteiger partial charge in [0.15, 0.2) is 0 Å². The van der Waals surface area contributed by atoms with E-state index in [4.69, 9.17) is 11.6 Å². The van der Waals surface area contributed by atoms with Gasteiger partial charge in [0.05, 0.1) is 0 Å². The molecule has 3 heteroatoms. The van der Waals surface area contributed by atoms with Crippen molar-refractivity contribution in [1.82, 2.24) is 10.2 Å². The maximum atomic E-state index is 5.61. The summed E-state index contributed by atoms with van der Waals surface area (Å²) in [4.78, 5) is 2.59. The maximum absolute atomic E-state index is 5.61. The highest BCUT2D eigenvalue weighted by Crippen LogP contribution is 2.23. The van der Waals surface area contributed by atoms with E-state index in [1.807, 2.05) is 0 Å². The molecule has 2 nitrogen and oxygen atoms in total. The molecule has 86 valence electrons. The molecule has 0 aromatic carbocycles. The Morgan fingerprint density at radius 3 is 2.93 bits per heavy atom. The van der Waals surface area contributed by atoms with Gasteiger partial charge >= 0.3 is 0 Å². The lowest BCUT2D eigenvalue weighted by Crippen LogP contribution is -2.50. The molecule has 0 bridgehead atoms. The fraction of sp³-hybridized carbons (Fsp3) is 0.833. The third-order valence-corrected chi connectivity index (χ3v) is 3.83. The summed E-state index contributed by atoms with van der Waals surface area (Å²) in [5.41, 5.74) is 1.65. The number of hydrogen-bond acceptors (Lipinski definition) is 2. The molecular weight excluding hydrogens is 208 g/mol. The number of likely N-dealkylation sites (tertiary alicyclic amines) is 1. The summed E-state index contributed by atoms with van der Waals surface area (Å²) in [5, 5.41) is 3.63. The minimum absolute atomic E-state index is 0.731. The van der Waals surface area contributed by atoms with E-state index in [0.29, 0.717) is 0 Å². The van der Waals surface area contributed by atoms with Crippen molar-refractivity contribution in [3.05, 3.63) is 11.6 Å². The Kier molecular flexibility index (Phi) is 4.48. The Bertz CT molecular complexity index is 212. The van der Waals surface area contributed by atoms with Gasteiger partial charge in [0.1, 0.15) is 0 Å². The van der Waals surface area contributed by atoms with Gasteiger partial charge in [-0.05, 0) is 38.8 Å². The van der Waals surface area contributed by atoms with Crippen molar-refractivity contribution in [3.63, 3.8) is 0 Å². The number of halogens is 1. The summed E-state index contributed by atoms with van der Waals surface area (Å²) in [6.45, 7) is 3.47. The van der Waals surface area contributed by atoms with E-state index in [-0.39, 0.29) is 0 Å².